The Bertz CT molecular complexity index is 389. The molecule has 94 valence electrons. The van der Waals surface area contributed by atoms with Crippen molar-refractivity contribution in [3.8, 4) is 5.75 Å². The minimum absolute atomic E-state index is 0.144. The number of nitrogens with one attached hydrogen (secondary N) is 1. The number of nitrogens with two attached hydrogens (primary N) is 1. The molecule has 0 spiro atoms. The monoisotopic (exact) mass is 236 g/mol. The third-order valence-electron chi connectivity index (χ3n) is 2.50. The molecule has 1 aromatic rings. The van der Waals surface area contributed by atoms with Gasteiger partial charge in [0.1, 0.15) is 0 Å². The van der Waals surface area contributed by atoms with E-state index in [1.165, 1.54) is 7.11 Å². The van der Waals surface area contributed by atoms with Gasteiger partial charge in [0.15, 0.2) is 5.75 Å². The Morgan fingerprint density at radius 2 is 2.18 bits per heavy atom. The molecular weight excluding hydrogens is 216 g/mol. The van der Waals surface area contributed by atoms with E-state index in [2.05, 4.69) is 19.2 Å². The number of rotatable bonds is 5. The van der Waals surface area contributed by atoms with E-state index in [1.807, 2.05) is 0 Å². The molecule has 0 saturated carbocycles. The maximum atomic E-state index is 11.9. The van der Waals surface area contributed by atoms with Crippen LogP contribution < -0.4 is 15.8 Å². The zero-order valence-corrected chi connectivity index (χ0v) is 10.6. The van der Waals surface area contributed by atoms with Gasteiger partial charge >= 0.3 is 0 Å². The minimum atomic E-state index is -0.144. The van der Waals surface area contributed by atoms with E-state index in [1.54, 1.807) is 18.2 Å². The zero-order chi connectivity index (χ0) is 12.8. The van der Waals surface area contributed by atoms with Crippen molar-refractivity contribution in [1.82, 2.24) is 5.32 Å². The number of hydrogen-bond donors (Lipinski definition) is 2. The van der Waals surface area contributed by atoms with Gasteiger partial charge in [-0.15, -0.1) is 0 Å². The predicted molar refractivity (Wildman–Crippen MR) is 69.2 cm³/mol. The summed E-state index contributed by atoms with van der Waals surface area (Å²) in [6.45, 7) is 4.90. The first kappa shape index (κ1) is 13.4. The van der Waals surface area contributed by atoms with Crippen LogP contribution in [0, 0.1) is 5.92 Å². The van der Waals surface area contributed by atoms with E-state index in [0.717, 1.165) is 6.42 Å². The van der Waals surface area contributed by atoms with Gasteiger partial charge in [-0.05, 0) is 24.5 Å². The first-order valence-corrected chi connectivity index (χ1v) is 5.77. The number of nitrogen functional groups attached to an aromatic ring is 1. The maximum absolute atomic E-state index is 11.9. The number of ether oxygens (including phenoxy) is 1. The molecule has 0 radical (unpaired) electrons. The molecule has 1 aromatic carbocycles. The van der Waals surface area contributed by atoms with E-state index in [4.69, 9.17) is 10.5 Å². The lowest BCUT2D eigenvalue weighted by Crippen LogP contribution is -2.25. The summed E-state index contributed by atoms with van der Waals surface area (Å²) in [6, 6.07) is 5.17. The van der Waals surface area contributed by atoms with Gasteiger partial charge in [0.25, 0.3) is 5.91 Å². The van der Waals surface area contributed by atoms with Crippen molar-refractivity contribution in [3.05, 3.63) is 23.8 Å². The van der Waals surface area contributed by atoms with E-state index in [0.29, 0.717) is 29.5 Å². The molecule has 0 heterocycles. The average Bonchev–Trinajstić information content (AvgIpc) is 2.28. The molecule has 0 aliphatic heterocycles. The van der Waals surface area contributed by atoms with Gasteiger partial charge in [0.05, 0.1) is 18.4 Å². The van der Waals surface area contributed by atoms with Crippen molar-refractivity contribution in [2.24, 2.45) is 5.92 Å². The molecule has 3 N–H and O–H groups in total. The van der Waals surface area contributed by atoms with Gasteiger partial charge in [-0.25, -0.2) is 0 Å². The van der Waals surface area contributed by atoms with Gasteiger partial charge in [-0.2, -0.15) is 0 Å². The molecule has 0 bridgehead atoms. The maximum Gasteiger partial charge on any atom is 0.255 e. The van der Waals surface area contributed by atoms with Crippen LogP contribution in [0.2, 0.25) is 0 Å². The van der Waals surface area contributed by atoms with Crippen molar-refractivity contribution >= 4 is 11.6 Å². The fourth-order valence-electron chi connectivity index (χ4n) is 1.53. The molecule has 1 amide bonds. The molecule has 0 atom stereocenters. The number of carbonyl (C=O) groups is 1. The number of methoxy groups -OCH3 is 1. The summed E-state index contributed by atoms with van der Waals surface area (Å²) < 4.78 is 5.14. The highest BCUT2D eigenvalue weighted by Gasteiger charge is 2.13. The molecule has 0 aromatic heterocycles. The lowest BCUT2D eigenvalue weighted by molar-refractivity contribution is 0.0949. The van der Waals surface area contributed by atoms with Crippen LogP contribution in [0.15, 0.2) is 18.2 Å². The third kappa shape index (κ3) is 3.66. The lowest BCUT2D eigenvalue weighted by Gasteiger charge is -2.11. The van der Waals surface area contributed by atoms with Gasteiger partial charge in [0.2, 0.25) is 0 Å². The summed E-state index contributed by atoms with van der Waals surface area (Å²) in [6.07, 6.45) is 0.955. The molecule has 1 rings (SSSR count). The first-order valence-electron chi connectivity index (χ1n) is 5.77. The van der Waals surface area contributed by atoms with Crippen molar-refractivity contribution in [2.75, 3.05) is 19.4 Å². The normalized spacial score (nSPS) is 10.4. The molecule has 0 aliphatic carbocycles. The van der Waals surface area contributed by atoms with Crippen LogP contribution in [0.3, 0.4) is 0 Å². The summed E-state index contributed by atoms with van der Waals surface area (Å²) in [4.78, 5) is 11.9. The summed E-state index contributed by atoms with van der Waals surface area (Å²) in [5, 5.41) is 2.86. The molecule has 0 saturated heterocycles. The summed E-state index contributed by atoms with van der Waals surface area (Å²) in [7, 11) is 1.51. The predicted octanol–water partition coefficient (Wildman–Crippen LogP) is 2.05. The number of carbonyl (C=O) groups excluding carboxylic acids is 1. The van der Waals surface area contributed by atoms with Crippen LogP contribution in [0.25, 0.3) is 0 Å². The van der Waals surface area contributed by atoms with Crippen molar-refractivity contribution in [2.45, 2.75) is 20.3 Å². The van der Waals surface area contributed by atoms with E-state index in [9.17, 15) is 4.79 Å². The summed E-state index contributed by atoms with van der Waals surface area (Å²) in [5.74, 6) is 0.863. The molecule has 4 nitrogen and oxygen atoms in total. The van der Waals surface area contributed by atoms with Crippen LogP contribution in [-0.2, 0) is 0 Å². The van der Waals surface area contributed by atoms with Crippen LogP contribution in [0.4, 0.5) is 5.69 Å². The summed E-state index contributed by atoms with van der Waals surface area (Å²) in [5.41, 5.74) is 6.70. The number of hydrogen-bond acceptors (Lipinski definition) is 3. The van der Waals surface area contributed by atoms with Crippen molar-refractivity contribution in [1.29, 1.82) is 0 Å². The van der Waals surface area contributed by atoms with Crippen molar-refractivity contribution < 1.29 is 9.53 Å². The topological polar surface area (TPSA) is 64.3 Å². The van der Waals surface area contributed by atoms with Gasteiger partial charge in [-0.1, -0.05) is 19.9 Å². The van der Waals surface area contributed by atoms with Gasteiger partial charge in [-0.3, -0.25) is 4.79 Å². The Balaban J connectivity index is 2.72. The highest BCUT2D eigenvalue weighted by atomic mass is 16.5. The molecule has 0 fully saturated rings. The largest absolute Gasteiger partial charge is 0.494 e. The quantitative estimate of drug-likeness (QED) is 0.769. The standard InChI is InChI=1S/C13H20N2O2/c1-9(2)7-8-15-13(16)10-5-4-6-11(14)12(10)17-3/h4-6,9H,7-8,14H2,1-3H3,(H,15,16). The highest BCUT2D eigenvalue weighted by molar-refractivity contribution is 5.98. The second-order valence-corrected chi connectivity index (χ2v) is 4.37. The van der Waals surface area contributed by atoms with E-state index < -0.39 is 0 Å². The lowest BCUT2D eigenvalue weighted by atomic mass is 10.1. The number of benzene rings is 1. The Labute approximate surface area is 102 Å². The second kappa shape index (κ2) is 6.13. The fourth-order valence-corrected chi connectivity index (χ4v) is 1.53. The van der Waals surface area contributed by atoms with Crippen LogP contribution in [0.5, 0.6) is 5.75 Å². The third-order valence-corrected chi connectivity index (χ3v) is 2.50. The SMILES string of the molecule is COc1c(N)cccc1C(=O)NCCC(C)C. The van der Waals surface area contributed by atoms with Crippen LogP contribution in [0.1, 0.15) is 30.6 Å². The van der Waals surface area contributed by atoms with Gasteiger partial charge in [0, 0.05) is 6.54 Å². The molecular formula is C13H20N2O2. The minimum Gasteiger partial charge on any atom is -0.494 e. The Hall–Kier alpha value is -1.71. The highest BCUT2D eigenvalue weighted by Crippen LogP contribution is 2.25. The zero-order valence-electron chi connectivity index (χ0n) is 10.6. The molecule has 0 aliphatic rings. The Morgan fingerprint density at radius 3 is 2.76 bits per heavy atom. The Kier molecular flexibility index (Phi) is 4.82. The fraction of sp³-hybridized carbons (Fsp3) is 0.462. The van der Waals surface area contributed by atoms with E-state index in [-0.39, 0.29) is 5.91 Å². The molecule has 17 heavy (non-hydrogen) atoms. The number of amides is 1. The van der Waals surface area contributed by atoms with E-state index >= 15 is 0 Å². The molecule has 4 heteroatoms. The van der Waals surface area contributed by atoms with Crippen molar-refractivity contribution in [3.63, 3.8) is 0 Å². The van der Waals surface area contributed by atoms with Crippen LogP contribution >= 0.6 is 0 Å². The average molecular weight is 236 g/mol. The molecule has 0 unspecified atom stereocenters. The number of anilines is 1. The first-order chi connectivity index (χ1) is 8.06. The summed E-state index contributed by atoms with van der Waals surface area (Å²) >= 11 is 0. The number of para-hydroxylation sites is 1. The Morgan fingerprint density at radius 1 is 1.47 bits per heavy atom. The van der Waals surface area contributed by atoms with Crippen LogP contribution in [-0.4, -0.2) is 19.6 Å². The second-order valence-electron chi connectivity index (χ2n) is 4.37. The smallest absolute Gasteiger partial charge is 0.255 e. The van der Waals surface area contributed by atoms with Gasteiger partial charge < -0.3 is 15.8 Å².